The highest BCUT2D eigenvalue weighted by Crippen LogP contribution is 2.14. The van der Waals surface area contributed by atoms with Crippen LogP contribution < -0.4 is 32.6 Å². The van der Waals surface area contributed by atoms with E-state index in [2.05, 4.69) is 16.0 Å². The largest absolute Gasteiger partial charge is 0.803 e. The predicted molar refractivity (Wildman–Crippen MR) is 194 cm³/mol. The molecule has 0 aliphatic carbocycles. The second-order valence-electron chi connectivity index (χ2n) is 11.8. The van der Waals surface area contributed by atoms with Gasteiger partial charge in [0.15, 0.2) is 0 Å². The first-order valence-electron chi connectivity index (χ1n) is 16.1. The first kappa shape index (κ1) is 34.9. The van der Waals surface area contributed by atoms with E-state index in [1.165, 1.54) is 36.4 Å². The fourth-order valence-corrected chi connectivity index (χ4v) is 5.79. The number of aromatic nitrogens is 3. The van der Waals surface area contributed by atoms with E-state index in [9.17, 15) is 44.4 Å². The maximum absolute atomic E-state index is 13.0. The number of nitrogens with zero attached hydrogens (tertiary/aromatic N) is 4. The number of pyridine rings is 3. The Bertz CT molecular complexity index is 2260. The van der Waals surface area contributed by atoms with Crippen molar-refractivity contribution in [2.75, 3.05) is 39.3 Å². The molecular formula is C36H30N7O9-3. The lowest BCUT2D eigenvalue weighted by Crippen LogP contribution is -2.44. The van der Waals surface area contributed by atoms with Crippen LogP contribution in [-0.4, -0.2) is 76.1 Å². The summed E-state index contributed by atoms with van der Waals surface area (Å²) in [4.78, 5) is 78.1. The van der Waals surface area contributed by atoms with E-state index in [0.29, 0.717) is 16.2 Å². The number of hydrogen-bond donors (Lipinski definition) is 3. The predicted octanol–water partition coefficient (Wildman–Crippen LogP) is 1.56. The molecule has 3 heterocycles. The lowest BCUT2D eigenvalue weighted by atomic mass is 10.1. The van der Waals surface area contributed by atoms with Crippen LogP contribution in [0.25, 0.3) is 32.3 Å². The van der Waals surface area contributed by atoms with E-state index >= 15 is 0 Å². The number of amides is 3. The quantitative estimate of drug-likeness (QED) is 0.167. The molecule has 266 valence electrons. The molecular weight excluding hydrogens is 674 g/mol. The number of carbonyl (C=O) groups is 3. The van der Waals surface area contributed by atoms with Crippen LogP contribution in [0.2, 0.25) is 0 Å². The van der Waals surface area contributed by atoms with Crippen LogP contribution in [0.1, 0.15) is 31.5 Å². The van der Waals surface area contributed by atoms with Gasteiger partial charge in [-0.15, -0.1) is 0 Å². The van der Waals surface area contributed by atoms with Crippen molar-refractivity contribution in [1.29, 1.82) is 0 Å². The van der Waals surface area contributed by atoms with Crippen LogP contribution in [0.3, 0.4) is 0 Å². The van der Waals surface area contributed by atoms with Crippen LogP contribution >= 0.6 is 0 Å². The summed E-state index contributed by atoms with van der Waals surface area (Å²) in [6.45, 7) is 0.280. The van der Waals surface area contributed by atoms with E-state index in [-0.39, 0.29) is 69.6 Å². The van der Waals surface area contributed by atoms with Crippen molar-refractivity contribution in [3.63, 3.8) is 0 Å². The second kappa shape index (κ2) is 14.9. The Morgan fingerprint density at radius 1 is 0.481 bits per heavy atom. The first-order chi connectivity index (χ1) is 25.0. The summed E-state index contributed by atoms with van der Waals surface area (Å²) in [5, 5.41) is 47.3. The standard InChI is InChI=1S/C36H30N7O9/c44-31(28-19-22-7-1-4-10-25(22)34(47)41(28)50)37-13-16-40(17-14-38-32(45)29-20-23-8-2-5-11-26(23)35(48)42(29)51)18-15-39-33(46)30-21-24-9-3-6-12-27(24)36(49)43(30)52/h1-12,19-21H,13-18H2,(H,37,44)(H,38,45)(H,39,46)/q-3. The highest BCUT2D eigenvalue weighted by molar-refractivity contribution is 5.98. The minimum absolute atomic E-state index is 0.0191. The zero-order valence-corrected chi connectivity index (χ0v) is 27.4. The van der Waals surface area contributed by atoms with Crippen LogP contribution in [0.15, 0.2) is 105 Å². The summed E-state index contributed by atoms with van der Waals surface area (Å²) in [5.41, 5.74) is -3.81. The van der Waals surface area contributed by atoms with Crippen molar-refractivity contribution in [1.82, 2.24) is 35.0 Å². The molecule has 3 aromatic carbocycles. The minimum atomic E-state index is -0.874. The van der Waals surface area contributed by atoms with E-state index in [1.807, 2.05) is 0 Å². The Kier molecular flexibility index (Phi) is 10.00. The van der Waals surface area contributed by atoms with Crippen molar-refractivity contribution in [2.24, 2.45) is 0 Å². The summed E-state index contributed by atoms with van der Waals surface area (Å²) in [5.74, 6) is -2.39. The molecule has 52 heavy (non-hydrogen) atoms. The number of nitrogens with one attached hydrogen (secondary N) is 3. The summed E-state index contributed by atoms with van der Waals surface area (Å²) < 4.78 is 0.0574. The smallest absolute Gasteiger partial charge is 0.267 e. The normalized spacial score (nSPS) is 11.2. The number of hydrogen-bond acceptors (Lipinski definition) is 10. The number of benzene rings is 3. The average molecular weight is 705 g/mol. The second-order valence-corrected chi connectivity index (χ2v) is 11.8. The fraction of sp³-hybridized carbons (Fsp3) is 0.167. The van der Waals surface area contributed by atoms with Gasteiger partial charge in [0.1, 0.15) is 17.1 Å². The monoisotopic (exact) mass is 704 g/mol. The molecule has 0 aliphatic rings. The van der Waals surface area contributed by atoms with Crippen LogP contribution in [-0.2, 0) is 0 Å². The van der Waals surface area contributed by atoms with Crippen molar-refractivity contribution in [2.45, 2.75) is 0 Å². The van der Waals surface area contributed by atoms with E-state index < -0.39 is 51.5 Å². The number of fused-ring (bicyclic) bond motifs is 3. The van der Waals surface area contributed by atoms with Gasteiger partial charge in [0.25, 0.3) is 34.4 Å². The van der Waals surface area contributed by atoms with Crippen LogP contribution in [0.4, 0.5) is 0 Å². The van der Waals surface area contributed by atoms with Gasteiger partial charge in [-0.2, -0.15) is 0 Å². The van der Waals surface area contributed by atoms with Gasteiger partial charge in [-0.25, -0.2) is 0 Å². The maximum atomic E-state index is 13.0. The Balaban J connectivity index is 1.13. The number of rotatable bonds is 12. The molecule has 0 spiro atoms. The van der Waals surface area contributed by atoms with E-state index in [1.54, 1.807) is 59.5 Å². The Labute approximate surface area is 293 Å². The van der Waals surface area contributed by atoms with Gasteiger partial charge in [0.2, 0.25) is 0 Å². The van der Waals surface area contributed by atoms with Gasteiger partial charge in [0, 0.05) is 55.4 Å². The third-order valence-electron chi connectivity index (χ3n) is 8.50. The number of carbonyl (C=O) groups excluding carboxylic acids is 3. The molecule has 0 radical (unpaired) electrons. The molecule has 16 heteroatoms. The molecule has 6 aromatic rings. The van der Waals surface area contributed by atoms with Crippen LogP contribution in [0.5, 0.6) is 0 Å². The minimum Gasteiger partial charge on any atom is -0.803 e. The molecule has 0 saturated carbocycles. The summed E-state index contributed by atoms with van der Waals surface area (Å²) in [6.07, 6.45) is 0. The summed E-state index contributed by atoms with van der Waals surface area (Å²) in [7, 11) is 0. The maximum Gasteiger partial charge on any atom is 0.267 e. The van der Waals surface area contributed by atoms with Crippen molar-refractivity contribution < 1.29 is 14.4 Å². The van der Waals surface area contributed by atoms with Gasteiger partial charge in [-0.05, 0) is 52.6 Å². The molecule has 3 amide bonds. The fourth-order valence-electron chi connectivity index (χ4n) is 5.79. The van der Waals surface area contributed by atoms with Gasteiger partial charge >= 0.3 is 0 Å². The SMILES string of the molecule is O=C(NCCN(CCNC(=O)c1cc2ccccc2c(=O)n1[O-])CCNC(=O)c1cc2ccccc2c(=O)n1[O-])c1cc2ccccc2c(=O)n1[O-]. The third kappa shape index (κ3) is 7.03. The zero-order valence-electron chi connectivity index (χ0n) is 27.4. The molecule has 0 bridgehead atoms. The summed E-state index contributed by atoms with van der Waals surface area (Å²) in [6, 6.07) is 23.0. The Morgan fingerprint density at radius 3 is 1.04 bits per heavy atom. The lowest BCUT2D eigenvalue weighted by Gasteiger charge is -2.24. The average Bonchev–Trinajstić information content (AvgIpc) is 3.15. The molecule has 6 rings (SSSR count). The summed E-state index contributed by atoms with van der Waals surface area (Å²) >= 11 is 0. The van der Waals surface area contributed by atoms with Crippen LogP contribution in [0, 0.1) is 15.6 Å². The Hall–Kier alpha value is -6.94. The highest BCUT2D eigenvalue weighted by atomic mass is 16.5. The molecule has 0 atom stereocenters. The molecule has 0 saturated heterocycles. The topological polar surface area (TPSA) is 226 Å². The first-order valence-corrected chi connectivity index (χ1v) is 16.1. The van der Waals surface area contributed by atoms with Gasteiger partial charge in [0.05, 0.1) is 0 Å². The van der Waals surface area contributed by atoms with Crippen molar-refractivity contribution in [3.05, 3.63) is 155 Å². The molecule has 3 aromatic heterocycles. The molecule has 3 N–H and O–H groups in total. The van der Waals surface area contributed by atoms with Gasteiger partial charge in [-0.3, -0.25) is 33.7 Å². The molecule has 16 nitrogen and oxygen atoms in total. The molecule has 0 aliphatic heterocycles. The highest BCUT2D eigenvalue weighted by Gasteiger charge is 2.16. The zero-order chi connectivity index (χ0) is 36.9. The van der Waals surface area contributed by atoms with Gasteiger partial charge < -0.3 is 45.8 Å². The van der Waals surface area contributed by atoms with Gasteiger partial charge in [-0.1, -0.05) is 54.6 Å². The van der Waals surface area contributed by atoms with E-state index in [4.69, 9.17) is 0 Å². The lowest BCUT2D eigenvalue weighted by molar-refractivity contribution is 0.0941. The van der Waals surface area contributed by atoms with E-state index in [0.717, 1.165) is 0 Å². The third-order valence-corrected chi connectivity index (χ3v) is 8.50. The Morgan fingerprint density at radius 2 is 0.750 bits per heavy atom. The molecule has 0 unspecified atom stereocenters. The molecule has 0 fully saturated rings. The van der Waals surface area contributed by atoms with Crippen molar-refractivity contribution >= 4 is 50.0 Å². The van der Waals surface area contributed by atoms with Crippen molar-refractivity contribution in [3.8, 4) is 0 Å².